The lowest BCUT2D eigenvalue weighted by atomic mass is 9.98. The number of aliphatic carboxylic acids is 1. The molecule has 4 heteroatoms. The highest BCUT2D eigenvalue weighted by Gasteiger charge is 2.16. The largest absolute Gasteiger partial charge is 0.481 e. The van der Waals surface area contributed by atoms with Crippen molar-refractivity contribution in [2.75, 3.05) is 0 Å². The van der Waals surface area contributed by atoms with Crippen molar-refractivity contribution >= 4 is 11.9 Å². The van der Waals surface area contributed by atoms with Crippen LogP contribution in [-0.4, -0.2) is 17.0 Å². The van der Waals surface area contributed by atoms with E-state index in [-0.39, 0.29) is 12.3 Å². The van der Waals surface area contributed by atoms with Gasteiger partial charge in [0.1, 0.15) is 0 Å². The summed E-state index contributed by atoms with van der Waals surface area (Å²) in [4.78, 5) is 21.9. The standard InChI is InChI=1S/C14H19NO3/c1-9(2)11-4-6-12(7-5-11)13(8-14(17)18)15-10(3)16/h4-7,9,13H,8H2,1-3H3,(H,15,16)(H,17,18)/t13-/m0/s1. The van der Waals surface area contributed by atoms with Crippen LogP contribution >= 0.6 is 0 Å². The third kappa shape index (κ3) is 4.20. The number of benzene rings is 1. The first-order valence-corrected chi connectivity index (χ1v) is 5.99. The topological polar surface area (TPSA) is 66.4 Å². The van der Waals surface area contributed by atoms with Crippen molar-refractivity contribution in [2.45, 2.75) is 39.2 Å². The van der Waals surface area contributed by atoms with E-state index < -0.39 is 12.0 Å². The maximum Gasteiger partial charge on any atom is 0.305 e. The molecular weight excluding hydrogens is 230 g/mol. The van der Waals surface area contributed by atoms with E-state index in [4.69, 9.17) is 5.11 Å². The average molecular weight is 249 g/mol. The molecule has 0 spiro atoms. The van der Waals surface area contributed by atoms with Crippen LogP contribution in [0, 0.1) is 0 Å². The first-order chi connectivity index (χ1) is 8.40. The van der Waals surface area contributed by atoms with Gasteiger partial charge in [0, 0.05) is 6.92 Å². The fourth-order valence-corrected chi connectivity index (χ4v) is 1.79. The van der Waals surface area contributed by atoms with E-state index in [0.29, 0.717) is 5.92 Å². The highest BCUT2D eigenvalue weighted by atomic mass is 16.4. The Balaban J connectivity index is 2.90. The molecule has 0 bridgehead atoms. The van der Waals surface area contributed by atoms with Crippen molar-refractivity contribution in [3.8, 4) is 0 Å². The summed E-state index contributed by atoms with van der Waals surface area (Å²) in [5.74, 6) is -0.728. The van der Waals surface area contributed by atoms with Gasteiger partial charge in [-0.2, -0.15) is 0 Å². The van der Waals surface area contributed by atoms with Crippen LogP contribution in [0.3, 0.4) is 0 Å². The number of carboxylic acid groups (broad SMARTS) is 1. The van der Waals surface area contributed by atoms with E-state index >= 15 is 0 Å². The molecule has 0 aliphatic carbocycles. The zero-order valence-electron chi connectivity index (χ0n) is 10.9. The summed E-state index contributed by atoms with van der Waals surface area (Å²) in [7, 11) is 0. The molecule has 0 aromatic heterocycles. The van der Waals surface area contributed by atoms with Crippen LogP contribution in [0.5, 0.6) is 0 Å². The van der Waals surface area contributed by atoms with Gasteiger partial charge in [-0.05, 0) is 17.0 Å². The Kier molecular flexibility index (Phi) is 4.89. The predicted molar refractivity (Wildman–Crippen MR) is 69.3 cm³/mol. The van der Waals surface area contributed by atoms with Crippen molar-refractivity contribution in [3.05, 3.63) is 35.4 Å². The molecule has 1 atom stereocenters. The Bertz CT molecular complexity index is 407. The van der Waals surface area contributed by atoms with Gasteiger partial charge in [-0.15, -0.1) is 0 Å². The minimum Gasteiger partial charge on any atom is -0.481 e. The van der Waals surface area contributed by atoms with Crippen LogP contribution in [0.15, 0.2) is 24.3 Å². The molecular formula is C14H19NO3. The molecule has 0 saturated heterocycles. The number of carbonyl (C=O) groups is 2. The first-order valence-electron chi connectivity index (χ1n) is 5.99. The maximum atomic E-state index is 11.1. The van der Waals surface area contributed by atoms with Crippen molar-refractivity contribution in [1.29, 1.82) is 0 Å². The van der Waals surface area contributed by atoms with Gasteiger partial charge in [-0.1, -0.05) is 38.1 Å². The molecule has 0 radical (unpaired) electrons. The van der Waals surface area contributed by atoms with E-state index in [2.05, 4.69) is 19.2 Å². The maximum absolute atomic E-state index is 11.1. The molecule has 4 nitrogen and oxygen atoms in total. The summed E-state index contributed by atoms with van der Waals surface area (Å²) in [6.07, 6.45) is -0.111. The Morgan fingerprint density at radius 2 is 1.67 bits per heavy atom. The lowest BCUT2D eigenvalue weighted by molar-refractivity contribution is -0.137. The summed E-state index contributed by atoms with van der Waals surface area (Å²) in [5.41, 5.74) is 2.01. The molecule has 1 aromatic carbocycles. The number of carboxylic acids is 1. The molecule has 0 unspecified atom stereocenters. The quantitative estimate of drug-likeness (QED) is 0.842. The third-order valence-electron chi connectivity index (χ3n) is 2.76. The smallest absolute Gasteiger partial charge is 0.305 e. The minimum absolute atomic E-state index is 0.111. The van der Waals surface area contributed by atoms with Gasteiger partial charge in [0.05, 0.1) is 12.5 Å². The minimum atomic E-state index is -0.929. The van der Waals surface area contributed by atoms with Crippen molar-refractivity contribution in [3.63, 3.8) is 0 Å². The molecule has 1 amide bonds. The number of amides is 1. The second-order valence-corrected chi connectivity index (χ2v) is 4.67. The predicted octanol–water partition coefficient (Wildman–Crippen LogP) is 2.46. The average Bonchev–Trinajstić information content (AvgIpc) is 2.27. The Morgan fingerprint density at radius 1 is 1.17 bits per heavy atom. The molecule has 2 N–H and O–H groups in total. The van der Waals surface area contributed by atoms with Gasteiger partial charge >= 0.3 is 5.97 Å². The van der Waals surface area contributed by atoms with Crippen LogP contribution in [0.25, 0.3) is 0 Å². The SMILES string of the molecule is CC(=O)N[C@@H](CC(=O)O)c1ccc(C(C)C)cc1. The molecule has 0 saturated carbocycles. The molecule has 0 fully saturated rings. The van der Waals surface area contributed by atoms with Crippen molar-refractivity contribution in [1.82, 2.24) is 5.32 Å². The highest BCUT2D eigenvalue weighted by Crippen LogP contribution is 2.20. The van der Waals surface area contributed by atoms with Crippen LogP contribution in [0.1, 0.15) is 50.3 Å². The summed E-state index contributed by atoms with van der Waals surface area (Å²) < 4.78 is 0. The summed E-state index contributed by atoms with van der Waals surface area (Å²) in [5, 5.41) is 11.5. The highest BCUT2D eigenvalue weighted by molar-refractivity contribution is 5.75. The fourth-order valence-electron chi connectivity index (χ4n) is 1.79. The molecule has 98 valence electrons. The Morgan fingerprint density at radius 3 is 2.06 bits per heavy atom. The van der Waals surface area contributed by atoms with Crippen molar-refractivity contribution in [2.24, 2.45) is 0 Å². The summed E-state index contributed by atoms with van der Waals surface area (Å²) in [6, 6.07) is 7.21. The van der Waals surface area contributed by atoms with E-state index in [9.17, 15) is 9.59 Å². The van der Waals surface area contributed by atoms with Gasteiger partial charge in [0.15, 0.2) is 0 Å². The Hall–Kier alpha value is -1.84. The van der Waals surface area contributed by atoms with E-state index in [1.165, 1.54) is 12.5 Å². The lowest BCUT2D eigenvalue weighted by Gasteiger charge is -2.17. The lowest BCUT2D eigenvalue weighted by Crippen LogP contribution is -2.27. The van der Waals surface area contributed by atoms with Crippen LogP contribution in [0.2, 0.25) is 0 Å². The molecule has 0 aliphatic rings. The monoisotopic (exact) mass is 249 g/mol. The second-order valence-electron chi connectivity index (χ2n) is 4.67. The number of hydrogen-bond acceptors (Lipinski definition) is 2. The third-order valence-corrected chi connectivity index (χ3v) is 2.76. The van der Waals surface area contributed by atoms with E-state index in [1.807, 2.05) is 24.3 Å². The van der Waals surface area contributed by atoms with Crippen LogP contribution in [0.4, 0.5) is 0 Å². The normalized spacial score (nSPS) is 12.2. The van der Waals surface area contributed by atoms with E-state index in [1.54, 1.807) is 0 Å². The Labute approximate surface area is 107 Å². The molecule has 0 aliphatic heterocycles. The van der Waals surface area contributed by atoms with Gasteiger partial charge in [0.25, 0.3) is 0 Å². The molecule has 0 heterocycles. The van der Waals surface area contributed by atoms with Crippen LogP contribution < -0.4 is 5.32 Å². The molecule has 18 heavy (non-hydrogen) atoms. The van der Waals surface area contributed by atoms with Crippen LogP contribution in [-0.2, 0) is 9.59 Å². The van der Waals surface area contributed by atoms with Crippen molar-refractivity contribution < 1.29 is 14.7 Å². The molecule has 1 rings (SSSR count). The molecule has 1 aromatic rings. The summed E-state index contributed by atoms with van der Waals surface area (Å²) in [6.45, 7) is 5.58. The van der Waals surface area contributed by atoms with E-state index in [0.717, 1.165) is 5.56 Å². The summed E-state index contributed by atoms with van der Waals surface area (Å²) >= 11 is 0. The van der Waals surface area contributed by atoms with Gasteiger partial charge in [-0.25, -0.2) is 0 Å². The number of carbonyl (C=O) groups excluding carboxylic acids is 1. The van der Waals surface area contributed by atoms with Gasteiger partial charge in [-0.3, -0.25) is 9.59 Å². The number of hydrogen-bond donors (Lipinski definition) is 2. The fraction of sp³-hybridized carbons (Fsp3) is 0.429. The van der Waals surface area contributed by atoms with Gasteiger partial charge in [0.2, 0.25) is 5.91 Å². The number of nitrogens with one attached hydrogen (secondary N) is 1. The zero-order valence-corrected chi connectivity index (χ0v) is 10.9. The van der Waals surface area contributed by atoms with Gasteiger partial charge < -0.3 is 10.4 Å². The first kappa shape index (κ1) is 14.2. The zero-order chi connectivity index (χ0) is 13.7. The number of rotatable bonds is 5. The second kappa shape index (κ2) is 6.19.